The molecule has 7 nitrogen and oxygen atoms in total. The molecule has 4 bridgehead atoms. The summed E-state index contributed by atoms with van der Waals surface area (Å²) in [6.45, 7) is 2.47. The van der Waals surface area contributed by atoms with E-state index in [9.17, 15) is 15.0 Å². The molecule has 7 atom stereocenters. The minimum Gasteiger partial charge on any atom is -0.394 e. The Labute approximate surface area is 158 Å². The number of fused-ring (bicyclic) bond motifs is 2. The van der Waals surface area contributed by atoms with Gasteiger partial charge in [0.05, 0.1) is 32.1 Å². The SMILES string of the molecule is CC[C@@]1(CO)N[C@H]2C[C@@]3(C(=O)N(OC)c4ccccc43)[C@@H]3OC[C@H]2[C@H]1[C@@H]3O. The van der Waals surface area contributed by atoms with Crippen LogP contribution >= 0.6 is 0 Å². The van der Waals surface area contributed by atoms with Gasteiger partial charge in [0.1, 0.15) is 11.5 Å². The maximum Gasteiger partial charge on any atom is 0.264 e. The average Bonchev–Trinajstić information content (AvgIpc) is 3.03. The van der Waals surface area contributed by atoms with E-state index in [2.05, 4.69) is 5.32 Å². The van der Waals surface area contributed by atoms with Crippen LogP contribution in [0.2, 0.25) is 0 Å². The lowest BCUT2D eigenvalue weighted by Crippen LogP contribution is -2.64. The molecule has 3 saturated heterocycles. The van der Waals surface area contributed by atoms with Gasteiger partial charge in [-0.2, -0.15) is 5.06 Å². The molecule has 1 amide bonds. The van der Waals surface area contributed by atoms with E-state index in [-0.39, 0.29) is 30.4 Å². The fourth-order valence-corrected chi connectivity index (χ4v) is 6.32. The number of hydrogen-bond donors (Lipinski definition) is 3. The van der Waals surface area contributed by atoms with Crippen LogP contribution in [0, 0.1) is 11.8 Å². The predicted molar refractivity (Wildman–Crippen MR) is 97.0 cm³/mol. The molecular formula is C20H26N2O5. The highest BCUT2D eigenvalue weighted by Crippen LogP contribution is 2.58. The van der Waals surface area contributed by atoms with Crippen LogP contribution in [-0.4, -0.2) is 60.2 Å². The smallest absolute Gasteiger partial charge is 0.264 e. The van der Waals surface area contributed by atoms with E-state index in [1.807, 2.05) is 31.2 Å². The van der Waals surface area contributed by atoms with Gasteiger partial charge in [0.2, 0.25) is 0 Å². The van der Waals surface area contributed by atoms with Crippen molar-refractivity contribution in [3.8, 4) is 0 Å². The predicted octanol–water partition coefficient (Wildman–Crippen LogP) is 0.341. The summed E-state index contributed by atoms with van der Waals surface area (Å²) in [4.78, 5) is 19.0. The number of anilines is 1. The Bertz CT molecular complexity index is 781. The molecule has 4 fully saturated rings. The lowest BCUT2D eigenvalue weighted by Gasteiger charge is -2.47. The van der Waals surface area contributed by atoms with Gasteiger partial charge in [0.25, 0.3) is 5.91 Å². The van der Waals surface area contributed by atoms with E-state index in [0.29, 0.717) is 25.1 Å². The summed E-state index contributed by atoms with van der Waals surface area (Å²) in [7, 11) is 1.48. The molecule has 7 heteroatoms. The Kier molecular flexibility index (Phi) is 3.74. The molecule has 1 saturated carbocycles. The van der Waals surface area contributed by atoms with Gasteiger partial charge < -0.3 is 20.3 Å². The van der Waals surface area contributed by atoms with Gasteiger partial charge in [-0.15, -0.1) is 0 Å². The molecule has 0 aromatic heterocycles. The number of nitrogens with one attached hydrogen (secondary N) is 1. The van der Waals surface area contributed by atoms with Crippen LogP contribution in [0.5, 0.6) is 0 Å². The van der Waals surface area contributed by atoms with E-state index in [1.165, 1.54) is 12.2 Å². The number of ether oxygens (including phenoxy) is 1. The van der Waals surface area contributed by atoms with Crippen molar-refractivity contribution >= 4 is 11.6 Å². The van der Waals surface area contributed by atoms with Crippen molar-refractivity contribution in [2.75, 3.05) is 25.4 Å². The molecule has 146 valence electrons. The van der Waals surface area contributed by atoms with Gasteiger partial charge in [-0.25, -0.2) is 0 Å². The molecule has 1 aromatic rings. The first-order valence-corrected chi connectivity index (χ1v) is 9.70. The minimum absolute atomic E-state index is 0.0157. The van der Waals surface area contributed by atoms with E-state index >= 15 is 0 Å². The third-order valence-corrected chi connectivity index (χ3v) is 7.53. The number of carbonyl (C=O) groups is 1. The van der Waals surface area contributed by atoms with Gasteiger partial charge in [-0.05, 0) is 24.5 Å². The van der Waals surface area contributed by atoms with Crippen LogP contribution in [0.15, 0.2) is 24.3 Å². The first kappa shape index (κ1) is 17.6. The second-order valence-corrected chi connectivity index (χ2v) is 8.33. The Morgan fingerprint density at radius 2 is 2.19 bits per heavy atom. The first-order valence-electron chi connectivity index (χ1n) is 9.70. The number of benzene rings is 1. The van der Waals surface area contributed by atoms with Crippen LogP contribution in [0.4, 0.5) is 5.69 Å². The summed E-state index contributed by atoms with van der Waals surface area (Å²) < 4.78 is 6.16. The first-order chi connectivity index (χ1) is 13.0. The number of nitrogens with zero attached hydrogens (tertiary/aromatic N) is 1. The normalized spacial score (nSPS) is 44.8. The van der Waals surface area contributed by atoms with Crippen molar-refractivity contribution in [3.63, 3.8) is 0 Å². The molecule has 0 unspecified atom stereocenters. The molecule has 6 rings (SSSR count). The van der Waals surface area contributed by atoms with E-state index in [0.717, 1.165) is 5.56 Å². The van der Waals surface area contributed by atoms with Crippen molar-refractivity contribution in [1.82, 2.24) is 5.32 Å². The largest absolute Gasteiger partial charge is 0.394 e. The Morgan fingerprint density at radius 3 is 2.89 bits per heavy atom. The molecule has 5 aliphatic rings. The zero-order valence-electron chi connectivity index (χ0n) is 15.6. The standard InChI is InChI=1S/C20H26N2O5/c1-3-19(10-23)15-11-9-27-17(16(15)24)20(8-13(11)21-19)12-6-4-5-7-14(12)22(26-2)18(20)25/h4-7,11,13,15-17,21,23-24H,3,8-10H2,1-2H3/t11-,13+,15+,16+,17-,19+,20+/m1/s1. The Morgan fingerprint density at radius 1 is 1.41 bits per heavy atom. The summed E-state index contributed by atoms with van der Waals surface area (Å²) in [5.41, 5.74) is 0.0520. The van der Waals surface area contributed by atoms with Gasteiger partial charge in [-0.1, -0.05) is 25.1 Å². The average molecular weight is 374 g/mol. The topological polar surface area (TPSA) is 91.3 Å². The van der Waals surface area contributed by atoms with Crippen LogP contribution < -0.4 is 10.4 Å². The highest BCUT2D eigenvalue weighted by Gasteiger charge is 2.70. The molecule has 27 heavy (non-hydrogen) atoms. The molecule has 1 spiro atoms. The number of para-hydroxylation sites is 1. The number of hydroxylamine groups is 1. The van der Waals surface area contributed by atoms with E-state index in [4.69, 9.17) is 9.57 Å². The lowest BCUT2D eigenvalue weighted by molar-refractivity contribution is -0.167. The van der Waals surface area contributed by atoms with Crippen molar-refractivity contribution in [2.45, 2.75) is 49.0 Å². The Balaban J connectivity index is 1.69. The molecule has 4 aliphatic heterocycles. The minimum atomic E-state index is -0.984. The number of hydrogen-bond acceptors (Lipinski definition) is 6. The number of rotatable bonds is 3. The number of amides is 1. The zero-order valence-corrected chi connectivity index (χ0v) is 15.6. The lowest BCUT2D eigenvalue weighted by atomic mass is 9.67. The summed E-state index contributed by atoms with van der Waals surface area (Å²) in [5.74, 6) is -0.261. The van der Waals surface area contributed by atoms with Gasteiger partial charge in [0.15, 0.2) is 0 Å². The number of aliphatic hydroxyl groups excluding tert-OH is 2. The van der Waals surface area contributed by atoms with E-state index in [1.54, 1.807) is 0 Å². The number of aliphatic hydroxyl groups is 2. The van der Waals surface area contributed by atoms with Crippen molar-refractivity contribution < 1.29 is 24.6 Å². The molecule has 4 heterocycles. The Hall–Kier alpha value is -1.51. The third-order valence-electron chi connectivity index (χ3n) is 7.53. The molecule has 3 N–H and O–H groups in total. The van der Waals surface area contributed by atoms with Gasteiger partial charge in [0, 0.05) is 23.4 Å². The fourth-order valence-electron chi connectivity index (χ4n) is 6.32. The van der Waals surface area contributed by atoms with Gasteiger partial charge >= 0.3 is 0 Å². The fraction of sp³-hybridized carbons (Fsp3) is 0.650. The van der Waals surface area contributed by atoms with Crippen molar-refractivity contribution in [1.29, 1.82) is 0 Å². The number of carbonyl (C=O) groups excluding carboxylic acids is 1. The maximum atomic E-state index is 13.6. The highest BCUT2D eigenvalue weighted by molar-refractivity contribution is 6.07. The second-order valence-electron chi connectivity index (χ2n) is 8.33. The quantitative estimate of drug-likeness (QED) is 0.707. The summed E-state index contributed by atoms with van der Waals surface area (Å²) in [6, 6.07) is 7.57. The van der Waals surface area contributed by atoms with Crippen LogP contribution in [0.3, 0.4) is 0 Å². The molecule has 1 aromatic carbocycles. The summed E-state index contributed by atoms with van der Waals surface area (Å²) >= 11 is 0. The third kappa shape index (κ3) is 1.91. The highest BCUT2D eigenvalue weighted by atomic mass is 16.7. The molecule has 0 radical (unpaired) electrons. The second kappa shape index (κ2) is 5.75. The zero-order chi connectivity index (χ0) is 19.0. The summed E-state index contributed by atoms with van der Waals surface area (Å²) in [6.07, 6.45) is -0.262. The van der Waals surface area contributed by atoms with Crippen LogP contribution in [0.25, 0.3) is 0 Å². The van der Waals surface area contributed by atoms with Gasteiger partial charge in [-0.3, -0.25) is 9.63 Å². The van der Waals surface area contributed by atoms with Crippen LogP contribution in [0.1, 0.15) is 25.3 Å². The molecular weight excluding hydrogens is 348 g/mol. The van der Waals surface area contributed by atoms with Crippen LogP contribution in [-0.2, 0) is 19.8 Å². The monoisotopic (exact) mass is 374 g/mol. The van der Waals surface area contributed by atoms with E-state index < -0.39 is 23.2 Å². The van der Waals surface area contributed by atoms with Crippen molar-refractivity contribution in [2.24, 2.45) is 11.8 Å². The molecule has 1 aliphatic carbocycles. The maximum absolute atomic E-state index is 13.6. The van der Waals surface area contributed by atoms with Crippen molar-refractivity contribution in [3.05, 3.63) is 29.8 Å². The summed E-state index contributed by atoms with van der Waals surface area (Å²) in [5, 5.41) is 26.5.